The van der Waals surface area contributed by atoms with Crippen LogP contribution in [0.25, 0.3) is 0 Å². The molecule has 1 aromatic carbocycles. The van der Waals surface area contributed by atoms with Gasteiger partial charge in [0.25, 0.3) is 0 Å². The lowest BCUT2D eigenvalue weighted by Gasteiger charge is -2.22. The number of benzene rings is 1. The van der Waals surface area contributed by atoms with Gasteiger partial charge in [0.15, 0.2) is 0 Å². The Morgan fingerprint density at radius 3 is 2.70 bits per heavy atom. The number of rotatable bonds is 6. The topological polar surface area (TPSA) is 40.5 Å². The summed E-state index contributed by atoms with van der Waals surface area (Å²) < 4.78 is 13.7. The highest BCUT2D eigenvalue weighted by Crippen LogP contribution is 2.33. The van der Waals surface area contributed by atoms with E-state index in [2.05, 4.69) is 0 Å². The smallest absolute Gasteiger partial charge is 0.223 e. The first-order valence-electron chi connectivity index (χ1n) is 7.15. The minimum atomic E-state index is -0.423. The first kappa shape index (κ1) is 15.0. The third-order valence-corrected chi connectivity index (χ3v) is 3.97. The van der Waals surface area contributed by atoms with Gasteiger partial charge in [0.2, 0.25) is 5.91 Å². The summed E-state index contributed by atoms with van der Waals surface area (Å²) in [6.07, 6.45) is 1.94. The largest absolute Gasteiger partial charge is 0.391 e. The summed E-state index contributed by atoms with van der Waals surface area (Å²) in [5, 5.41) is 9.85. The third kappa shape index (κ3) is 3.79. The van der Waals surface area contributed by atoms with Gasteiger partial charge < -0.3 is 10.0 Å². The predicted molar refractivity (Wildman–Crippen MR) is 75.8 cm³/mol. The summed E-state index contributed by atoms with van der Waals surface area (Å²) in [6.45, 7) is 2.22. The Hall–Kier alpha value is -1.42. The van der Waals surface area contributed by atoms with Crippen LogP contribution in [-0.4, -0.2) is 35.6 Å². The lowest BCUT2D eigenvalue weighted by atomic mass is 9.96. The van der Waals surface area contributed by atoms with Gasteiger partial charge in [0.05, 0.1) is 6.10 Å². The molecule has 1 amide bonds. The van der Waals surface area contributed by atoms with Crippen molar-refractivity contribution in [1.29, 1.82) is 0 Å². The number of aliphatic hydroxyl groups is 1. The van der Waals surface area contributed by atoms with Gasteiger partial charge in [-0.15, -0.1) is 0 Å². The first-order chi connectivity index (χ1) is 9.49. The number of nitrogens with zero attached hydrogens (tertiary/aromatic N) is 1. The SMILES string of the molecule is CC(CC(=O)N(C)CC(O)C1CC1)c1ccccc1F. The summed E-state index contributed by atoms with van der Waals surface area (Å²) in [5.74, 6) is -0.132. The fourth-order valence-corrected chi connectivity index (χ4v) is 2.41. The van der Waals surface area contributed by atoms with Crippen molar-refractivity contribution in [3.8, 4) is 0 Å². The first-order valence-corrected chi connectivity index (χ1v) is 7.15. The summed E-state index contributed by atoms with van der Waals surface area (Å²) in [7, 11) is 1.70. The van der Waals surface area contributed by atoms with Gasteiger partial charge in [-0.3, -0.25) is 4.79 Å². The zero-order valence-corrected chi connectivity index (χ0v) is 12.1. The van der Waals surface area contributed by atoms with Crippen LogP contribution in [0.1, 0.15) is 37.7 Å². The molecule has 1 fully saturated rings. The van der Waals surface area contributed by atoms with Gasteiger partial charge in [-0.05, 0) is 36.3 Å². The predicted octanol–water partition coefficient (Wildman–Crippen LogP) is 2.55. The van der Waals surface area contributed by atoms with E-state index in [-0.39, 0.29) is 24.1 Å². The van der Waals surface area contributed by atoms with Crippen molar-refractivity contribution in [2.24, 2.45) is 5.92 Å². The van der Waals surface area contributed by atoms with Gasteiger partial charge in [-0.2, -0.15) is 0 Å². The maximum Gasteiger partial charge on any atom is 0.223 e. The zero-order valence-electron chi connectivity index (χ0n) is 12.1. The summed E-state index contributed by atoms with van der Waals surface area (Å²) in [5.41, 5.74) is 0.567. The van der Waals surface area contributed by atoms with E-state index in [9.17, 15) is 14.3 Å². The second kappa shape index (κ2) is 6.35. The van der Waals surface area contributed by atoms with Gasteiger partial charge in [0, 0.05) is 20.0 Å². The minimum Gasteiger partial charge on any atom is -0.391 e. The molecule has 0 aromatic heterocycles. The molecule has 1 saturated carbocycles. The monoisotopic (exact) mass is 279 g/mol. The molecule has 2 unspecified atom stereocenters. The molecule has 0 bridgehead atoms. The van der Waals surface area contributed by atoms with E-state index in [1.807, 2.05) is 6.92 Å². The van der Waals surface area contributed by atoms with Crippen LogP contribution in [0.15, 0.2) is 24.3 Å². The third-order valence-electron chi connectivity index (χ3n) is 3.97. The molecule has 2 rings (SSSR count). The maximum absolute atomic E-state index is 13.7. The maximum atomic E-state index is 13.7. The molecule has 4 heteroatoms. The lowest BCUT2D eigenvalue weighted by molar-refractivity contribution is -0.131. The molecule has 0 saturated heterocycles. The van der Waals surface area contributed by atoms with E-state index in [0.717, 1.165) is 12.8 Å². The standard InChI is InChI=1S/C16H22FNO2/c1-11(13-5-3-4-6-14(13)17)9-16(20)18(2)10-15(19)12-7-8-12/h3-6,11-12,15,19H,7-10H2,1-2H3. The Morgan fingerprint density at radius 1 is 1.45 bits per heavy atom. The Labute approximate surface area is 119 Å². The fraction of sp³-hybridized carbons (Fsp3) is 0.562. The molecule has 0 radical (unpaired) electrons. The number of hydrogen-bond acceptors (Lipinski definition) is 2. The number of amides is 1. The van der Waals surface area contributed by atoms with Crippen molar-refractivity contribution in [3.63, 3.8) is 0 Å². The van der Waals surface area contributed by atoms with Gasteiger partial charge in [-0.1, -0.05) is 25.1 Å². The molecule has 0 heterocycles. The van der Waals surface area contributed by atoms with Gasteiger partial charge in [-0.25, -0.2) is 4.39 Å². The molecule has 1 aliphatic rings. The van der Waals surface area contributed by atoms with Crippen LogP contribution in [0, 0.1) is 11.7 Å². The normalized spacial score (nSPS) is 17.6. The number of carbonyl (C=O) groups excluding carboxylic acids is 1. The highest BCUT2D eigenvalue weighted by molar-refractivity contribution is 5.76. The zero-order chi connectivity index (χ0) is 14.7. The van der Waals surface area contributed by atoms with Crippen molar-refractivity contribution in [1.82, 2.24) is 4.90 Å². The molecule has 0 aliphatic heterocycles. The van der Waals surface area contributed by atoms with Crippen LogP contribution in [-0.2, 0) is 4.79 Å². The Kier molecular flexibility index (Phi) is 4.76. The molecular formula is C16H22FNO2. The minimum absolute atomic E-state index is 0.0551. The fourth-order valence-electron chi connectivity index (χ4n) is 2.41. The molecule has 1 N–H and O–H groups in total. The van der Waals surface area contributed by atoms with Crippen molar-refractivity contribution in [2.45, 2.75) is 38.2 Å². The van der Waals surface area contributed by atoms with E-state index >= 15 is 0 Å². The Morgan fingerprint density at radius 2 is 2.10 bits per heavy atom. The Bertz CT molecular complexity index is 473. The van der Waals surface area contributed by atoms with E-state index in [1.165, 1.54) is 6.07 Å². The summed E-state index contributed by atoms with van der Waals surface area (Å²) in [6, 6.07) is 6.55. The van der Waals surface area contributed by atoms with Crippen LogP contribution in [0.4, 0.5) is 4.39 Å². The molecule has 20 heavy (non-hydrogen) atoms. The van der Waals surface area contributed by atoms with E-state index in [4.69, 9.17) is 0 Å². The lowest BCUT2D eigenvalue weighted by Crippen LogP contribution is -2.35. The van der Waals surface area contributed by atoms with Crippen LogP contribution < -0.4 is 0 Å². The van der Waals surface area contributed by atoms with Crippen molar-refractivity contribution < 1.29 is 14.3 Å². The van der Waals surface area contributed by atoms with Gasteiger partial charge in [0.1, 0.15) is 5.82 Å². The van der Waals surface area contributed by atoms with Crippen LogP contribution in [0.5, 0.6) is 0 Å². The van der Waals surface area contributed by atoms with Crippen molar-refractivity contribution in [3.05, 3.63) is 35.6 Å². The molecule has 1 aliphatic carbocycles. The van der Waals surface area contributed by atoms with Crippen LogP contribution >= 0.6 is 0 Å². The Balaban J connectivity index is 1.88. The van der Waals surface area contributed by atoms with Crippen molar-refractivity contribution >= 4 is 5.91 Å². The highest BCUT2D eigenvalue weighted by Gasteiger charge is 2.31. The highest BCUT2D eigenvalue weighted by atomic mass is 19.1. The second-order valence-corrected chi connectivity index (χ2v) is 5.81. The van der Waals surface area contributed by atoms with Crippen LogP contribution in [0.3, 0.4) is 0 Å². The average Bonchev–Trinajstić information content (AvgIpc) is 3.23. The molecule has 110 valence electrons. The van der Waals surface area contributed by atoms with E-state index < -0.39 is 6.10 Å². The van der Waals surface area contributed by atoms with E-state index in [1.54, 1.807) is 30.1 Å². The molecule has 0 spiro atoms. The van der Waals surface area contributed by atoms with Crippen molar-refractivity contribution in [2.75, 3.05) is 13.6 Å². The number of halogens is 1. The molecule has 3 nitrogen and oxygen atoms in total. The molecule has 2 atom stereocenters. The number of hydrogen-bond donors (Lipinski definition) is 1. The summed E-state index contributed by atoms with van der Waals surface area (Å²) >= 11 is 0. The average molecular weight is 279 g/mol. The number of aliphatic hydroxyl groups excluding tert-OH is 1. The molecular weight excluding hydrogens is 257 g/mol. The summed E-state index contributed by atoms with van der Waals surface area (Å²) in [4.78, 5) is 13.7. The van der Waals surface area contributed by atoms with Crippen LogP contribution in [0.2, 0.25) is 0 Å². The quantitative estimate of drug-likeness (QED) is 0.869. The second-order valence-electron chi connectivity index (χ2n) is 5.81. The van der Waals surface area contributed by atoms with E-state index in [0.29, 0.717) is 18.0 Å². The number of carbonyl (C=O) groups is 1. The van der Waals surface area contributed by atoms with Gasteiger partial charge >= 0.3 is 0 Å². The number of likely N-dealkylation sites (N-methyl/N-ethyl adjacent to an activating group) is 1. The molecule has 1 aromatic rings.